The van der Waals surface area contributed by atoms with E-state index < -0.39 is 5.60 Å². The minimum atomic E-state index is -0.395. The van der Waals surface area contributed by atoms with Gasteiger partial charge < -0.3 is 21.9 Å². The largest absolute Gasteiger partial charge is 1.00 e. The zero-order valence-electron chi connectivity index (χ0n) is 22.2. The van der Waals surface area contributed by atoms with Crippen LogP contribution in [-0.4, -0.2) is 26.3 Å². The third-order valence-corrected chi connectivity index (χ3v) is 6.07. The number of nitrogens with zero attached hydrogens (tertiary/aromatic N) is 1. The Kier molecular flexibility index (Phi) is 10.7. The summed E-state index contributed by atoms with van der Waals surface area (Å²) < 4.78 is 14.1. The monoisotopic (exact) mass is 495 g/mol. The average molecular weight is 496 g/mol. The Balaban J connectivity index is 0.00000432. The van der Waals surface area contributed by atoms with Gasteiger partial charge in [-0.2, -0.15) is 0 Å². The van der Waals surface area contributed by atoms with Crippen LogP contribution in [0.25, 0.3) is 0 Å². The van der Waals surface area contributed by atoms with Crippen molar-refractivity contribution in [2.75, 3.05) is 20.7 Å². The third-order valence-electron chi connectivity index (χ3n) is 6.07. The first-order valence-electron chi connectivity index (χ1n) is 12.5. The Morgan fingerprint density at radius 3 is 1.80 bits per heavy atom. The summed E-state index contributed by atoms with van der Waals surface area (Å²) in [5.41, 5.74) is 2.09. The highest BCUT2D eigenvalue weighted by molar-refractivity contribution is 5.55. The Morgan fingerprint density at radius 1 is 0.714 bits per heavy atom. The predicted molar refractivity (Wildman–Crippen MR) is 144 cm³/mol. The van der Waals surface area contributed by atoms with Crippen LogP contribution in [0, 0.1) is 11.8 Å². The molecule has 0 aliphatic carbocycles. The fraction of sp³-hybridized carbons (Fsp3) is 0.419. The number of para-hydroxylation sites is 3. The zero-order chi connectivity index (χ0) is 24.6. The van der Waals surface area contributed by atoms with Gasteiger partial charge in [-0.1, -0.05) is 88.4 Å². The molecule has 0 aromatic heterocycles. The molecule has 0 N–H and O–H groups in total. The van der Waals surface area contributed by atoms with Crippen molar-refractivity contribution in [3.8, 4) is 11.5 Å². The first-order chi connectivity index (χ1) is 16.2. The summed E-state index contributed by atoms with van der Waals surface area (Å²) in [6, 6.07) is 29.3. The molecule has 3 aromatic rings. The summed E-state index contributed by atoms with van der Waals surface area (Å²) in [5, 5.41) is 0. The fourth-order valence-corrected chi connectivity index (χ4v) is 4.95. The van der Waals surface area contributed by atoms with Crippen molar-refractivity contribution < 1.29 is 21.9 Å². The number of hydrogen-bond donors (Lipinski definition) is 0. The van der Waals surface area contributed by atoms with Crippen LogP contribution in [0.15, 0.2) is 84.9 Å². The SMILES string of the molecule is CC(C)CC(COc1ccccc1[N+](C)(C)Cc1ccccc1)(CC(C)C)Oc1ccccc1.[Cl-]. The molecule has 0 heterocycles. The lowest BCUT2D eigenvalue weighted by atomic mass is 9.85. The van der Waals surface area contributed by atoms with Crippen molar-refractivity contribution in [1.82, 2.24) is 4.48 Å². The first kappa shape index (κ1) is 28.7. The smallest absolute Gasteiger partial charge is 0.180 e. The van der Waals surface area contributed by atoms with Crippen LogP contribution in [0.2, 0.25) is 0 Å². The van der Waals surface area contributed by atoms with Gasteiger partial charge in [0.1, 0.15) is 24.5 Å². The van der Waals surface area contributed by atoms with Crippen molar-refractivity contribution in [2.24, 2.45) is 11.8 Å². The number of halogens is 1. The molecule has 3 nitrogen and oxygen atoms in total. The number of benzene rings is 3. The molecule has 4 heteroatoms. The summed E-state index contributed by atoms with van der Waals surface area (Å²) in [5.74, 6) is 2.82. The van der Waals surface area contributed by atoms with Gasteiger partial charge in [-0.15, -0.1) is 0 Å². The molecular formula is C31H42ClNO2. The zero-order valence-corrected chi connectivity index (χ0v) is 23.0. The van der Waals surface area contributed by atoms with E-state index in [-0.39, 0.29) is 12.4 Å². The molecule has 0 saturated heterocycles. The van der Waals surface area contributed by atoms with Crippen molar-refractivity contribution in [1.29, 1.82) is 0 Å². The van der Waals surface area contributed by atoms with E-state index in [1.807, 2.05) is 30.3 Å². The molecule has 0 spiro atoms. The summed E-state index contributed by atoms with van der Waals surface area (Å²) in [6.45, 7) is 10.5. The average Bonchev–Trinajstić information content (AvgIpc) is 2.78. The predicted octanol–water partition coefficient (Wildman–Crippen LogP) is 4.75. The van der Waals surface area contributed by atoms with Gasteiger partial charge in [0.15, 0.2) is 11.4 Å². The highest BCUT2D eigenvalue weighted by atomic mass is 35.5. The van der Waals surface area contributed by atoms with Gasteiger partial charge in [0.05, 0.1) is 14.1 Å². The first-order valence-corrected chi connectivity index (χ1v) is 12.5. The summed E-state index contributed by atoms with van der Waals surface area (Å²) in [4.78, 5) is 0. The molecule has 3 rings (SSSR count). The van der Waals surface area contributed by atoms with E-state index in [0.717, 1.165) is 30.9 Å². The molecule has 0 saturated carbocycles. The van der Waals surface area contributed by atoms with E-state index in [9.17, 15) is 0 Å². The Bertz CT molecular complexity index is 993. The molecule has 0 aliphatic heterocycles. The summed E-state index contributed by atoms with van der Waals surface area (Å²) >= 11 is 0. The molecule has 190 valence electrons. The molecule has 0 amide bonds. The van der Waals surface area contributed by atoms with Crippen LogP contribution in [-0.2, 0) is 6.54 Å². The van der Waals surface area contributed by atoms with Gasteiger partial charge in [-0.05, 0) is 42.9 Å². The van der Waals surface area contributed by atoms with E-state index in [1.54, 1.807) is 0 Å². The summed E-state index contributed by atoms with van der Waals surface area (Å²) in [7, 11) is 4.48. The van der Waals surface area contributed by atoms with Gasteiger partial charge in [-0.3, -0.25) is 4.48 Å². The van der Waals surface area contributed by atoms with Gasteiger partial charge in [0, 0.05) is 11.6 Å². The van der Waals surface area contributed by atoms with Crippen molar-refractivity contribution in [3.05, 3.63) is 90.5 Å². The van der Waals surface area contributed by atoms with Crippen molar-refractivity contribution in [2.45, 2.75) is 52.7 Å². The second kappa shape index (κ2) is 13.0. The number of hydrogen-bond acceptors (Lipinski definition) is 2. The molecule has 3 aromatic carbocycles. The molecular weight excluding hydrogens is 454 g/mol. The highest BCUT2D eigenvalue weighted by Gasteiger charge is 2.36. The second-order valence-electron chi connectivity index (χ2n) is 10.9. The van der Waals surface area contributed by atoms with Crippen LogP contribution in [0.5, 0.6) is 11.5 Å². The third kappa shape index (κ3) is 8.59. The van der Waals surface area contributed by atoms with E-state index in [1.165, 1.54) is 11.3 Å². The number of rotatable bonds is 12. The Morgan fingerprint density at radius 2 is 1.23 bits per heavy atom. The van der Waals surface area contributed by atoms with E-state index in [4.69, 9.17) is 9.47 Å². The van der Waals surface area contributed by atoms with Gasteiger partial charge in [0.2, 0.25) is 0 Å². The summed E-state index contributed by atoms with van der Waals surface area (Å²) in [6.07, 6.45) is 1.87. The molecule has 0 aliphatic rings. The quantitative estimate of drug-likeness (QED) is 0.338. The van der Waals surface area contributed by atoms with Gasteiger partial charge >= 0.3 is 0 Å². The van der Waals surface area contributed by atoms with Gasteiger partial charge in [-0.25, -0.2) is 0 Å². The second-order valence-corrected chi connectivity index (χ2v) is 10.9. The number of ether oxygens (including phenoxy) is 2. The maximum absolute atomic E-state index is 6.74. The number of quaternary nitrogens is 1. The Labute approximate surface area is 219 Å². The minimum Gasteiger partial charge on any atom is -1.00 e. The molecule has 35 heavy (non-hydrogen) atoms. The molecule has 0 unspecified atom stereocenters. The standard InChI is InChI=1S/C31H42NO2.ClH/c1-25(2)21-31(22-26(3)4,34-28-17-11-8-12-18-28)24-33-30-20-14-13-19-29(30)32(5,6)23-27-15-9-7-10-16-27;/h7-20,25-26H,21-24H2,1-6H3;1H/q+1;/p-1. The van der Waals surface area contributed by atoms with Crippen LogP contribution < -0.4 is 26.4 Å². The van der Waals surface area contributed by atoms with Crippen molar-refractivity contribution >= 4 is 5.69 Å². The molecule has 0 radical (unpaired) electrons. The lowest BCUT2D eigenvalue weighted by molar-refractivity contribution is -0.0147. The fourth-order valence-electron chi connectivity index (χ4n) is 4.95. The maximum Gasteiger partial charge on any atom is 0.180 e. The molecule has 0 bridgehead atoms. The van der Waals surface area contributed by atoms with Crippen LogP contribution >= 0.6 is 0 Å². The minimum absolute atomic E-state index is 0. The van der Waals surface area contributed by atoms with Crippen LogP contribution in [0.3, 0.4) is 0 Å². The van der Waals surface area contributed by atoms with E-state index in [2.05, 4.69) is 96.4 Å². The maximum atomic E-state index is 6.74. The van der Waals surface area contributed by atoms with E-state index >= 15 is 0 Å². The highest BCUT2D eigenvalue weighted by Crippen LogP contribution is 2.36. The van der Waals surface area contributed by atoms with E-state index in [0.29, 0.717) is 22.9 Å². The normalized spacial score (nSPS) is 11.9. The van der Waals surface area contributed by atoms with Crippen LogP contribution in [0.4, 0.5) is 5.69 Å². The molecule has 0 fully saturated rings. The topological polar surface area (TPSA) is 18.5 Å². The lowest BCUT2D eigenvalue weighted by Crippen LogP contribution is -3.00. The Hall–Kier alpha value is -2.49. The van der Waals surface area contributed by atoms with Gasteiger partial charge in [0.25, 0.3) is 0 Å². The van der Waals surface area contributed by atoms with Crippen molar-refractivity contribution in [3.63, 3.8) is 0 Å². The lowest BCUT2D eigenvalue weighted by Gasteiger charge is -2.38. The molecule has 0 atom stereocenters. The van der Waals surface area contributed by atoms with Crippen LogP contribution in [0.1, 0.15) is 46.1 Å².